The van der Waals surface area contributed by atoms with Gasteiger partial charge in [0.15, 0.2) is 4.34 Å². The Morgan fingerprint density at radius 2 is 1.94 bits per heavy atom. The third-order valence-electron chi connectivity index (χ3n) is 5.39. The summed E-state index contributed by atoms with van der Waals surface area (Å²) in [5.41, 5.74) is 1.99. The van der Waals surface area contributed by atoms with E-state index in [1.165, 1.54) is 35.9 Å². The van der Waals surface area contributed by atoms with E-state index in [1.807, 2.05) is 47.4 Å². The molecule has 0 saturated heterocycles. The zero-order chi connectivity index (χ0) is 21.6. The summed E-state index contributed by atoms with van der Waals surface area (Å²) in [6, 6.07) is 18.1. The van der Waals surface area contributed by atoms with Crippen LogP contribution in [0.25, 0.3) is 0 Å². The summed E-state index contributed by atoms with van der Waals surface area (Å²) in [7, 11) is 1.64. The Bertz CT molecular complexity index is 1010. The fraction of sp³-hybridized carbons (Fsp3) is 0.348. The largest absolute Gasteiger partial charge is 0.495 e. The van der Waals surface area contributed by atoms with Crippen molar-refractivity contribution in [1.82, 2.24) is 15.1 Å². The van der Waals surface area contributed by atoms with Crippen LogP contribution < -0.4 is 10.1 Å². The molecule has 31 heavy (non-hydrogen) atoms. The normalized spacial score (nSPS) is 14.1. The van der Waals surface area contributed by atoms with Crippen LogP contribution in [-0.2, 0) is 11.3 Å². The quantitative estimate of drug-likeness (QED) is 0.424. The maximum absolute atomic E-state index is 13.1. The summed E-state index contributed by atoms with van der Waals surface area (Å²) in [4.78, 5) is 15.1. The minimum absolute atomic E-state index is 0.141. The van der Waals surface area contributed by atoms with E-state index in [1.54, 1.807) is 7.11 Å². The van der Waals surface area contributed by atoms with Gasteiger partial charge in [-0.2, -0.15) is 0 Å². The minimum atomic E-state index is 0.141. The van der Waals surface area contributed by atoms with Crippen molar-refractivity contribution in [3.05, 3.63) is 60.2 Å². The molecule has 1 atom stereocenters. The number of benzene rings is 2. The van der Waals surface area contributed by atoms with Crippen molar-refractivity contribution >= 4 is 39.8 Å². The molecule has 6 nitrogen and oxygen atoms in total. The molecule has 1 aromatic heterocycles. The molecule has 162 valence electrons. The molecule has 8 heteroatoms. The lowest BCUT2D eigenvalue weighted by Gasteiger charge is -2.29. The molecule has 1 fully saturated rings. The van der Waals surface area contributed by atoms with E-state index in [4.69, 9.17) is 4.74 Å². The number of nitrogens with zero attached hydrogens (tertiary/aromatic N) is 3. The third kappa shape index (κ3) is 5.77. The van der Waals surface area contributed by atoms with E-state index < -0.39 is 0 Å². The van der Waals surface area contributed by atoms with E-state index in [2.05, 4.69) is 34.6 Å². The molecule has 0 radical (unpaired) electrons. The smallest absolute Gasteiger partial charge is 0.233 e. The Kier molecular flexibility index (Phi) is 7.09. The van der Waals surface area contributed by atoms with Crippen LogP contribution >= 0.6 is 23.1 Å². The zero-order valence-electron chi connectivity index (χ0n) is 17.7. The second-order valence-corrected chi connectivity index (χ2v) is 9.77. The Morgan fingerprint density at radius 3 is 2.68 bits per heavy atom. The van der Waals surface area contributed by atoms with Crippen molar-refractivity contribution in [2.24, 2.45) is 5.92 Å². The van der Waals surface area contributed by atoms with Gasteiger partial charge in [0.05, 0.1) is 18.6 Å². The number of hydrogen-bond acceptors (Lipinski definition) is 7. The van der Waals surface area contributed by atoms with Gasteiger partial charge in [-0.1, -0.05) is 65.6 Å². The average Bonchev–Trinajstić information content (AvgIpc) is 3.56. The summed E-state index contributed by atoms with van der Waals surface area (Å²) < 4.78 is 6.13. The summed E-state index contributed by atoms with van der Waals surface area (Å²) in [6.45, 7) is 2.82. The number of nitrogens with one attached hydrogen (secondary N) is 1. The van der Waals surface area contributed by atoms with Gasteiger partial charge in [-0.25, -0.2) is 0 Å². The van der Waals surface area contributed by atoms with Crippen LogP contribution in [0.15, 0.2) is 58.9 Å². The molecule has 1 N–H and O–H groups in total. The van der Waals surface area contributed by atoms with Gasteiger partial charge in [0.25, 0.3) is 0 Å². The van der Waals surface area contributed by atoms with Crippen molar-refractivity contribution in [3.8, 4) is 5.75 Å². The number of aromatic nitrogens is 2. The topological polar surface area (TPSA) is 67.3 Å². The summed E-state index contributed by atoms with van der Waals surface area (Å²) >= 11 is 2.88. The first-order valence-electron chi connectivity index (χ1n) is 10.3. The number of anilines is 2. The molecule has 1 aliphatic rings. The van der Waals surface area contributed by atoms with Crippen LogP contribution in [0, 0.1) is 5.92 Å². The van der Waals surface area contributed by atoms with Crippen molar-refractivity contribution in [2.45, 2.75) is 36.7 Å². The lowest BCUT2D eigenvalue weighted by atomic mass is 10.1. The molecule has 3 aromatic rings. The predicted octanol–water partition coefficient (Wildman–Crippen LogP) is 5.21. The highest BCUT2D eigenvalue weighted by Crippen LogP contribution is 2.36. The van der Waals surface area contributed by atoms with E-state index >= 15 is 0 Å². The zero-order valence-corrected chi connectivity index (χ0v) is 19.3. The summed E-state index contributed by atoms with van der Waals surface area (Å²) in [6.07, 6.45) is 2.42. The molecule has 0 bridgehead atoms. The number of amides is 1. The Labute approximate surface area is 191 Å². The van der Waals surface area contributed by atoms with Crippen LogP contribution in [0.3, 0.4) is 0 Å². The number of carbonyl (C=O) groups excluding carboxylic acids is 1. The molecule has 0 unspecified atom stereocenters. The maximum Gasteiger partial charge on any atom is 0.233 e. The van der Waals surface area contributed by atoms with Gasteiger partial charge < -0.3 is 15.0 Å². The fourth-order valence-electron chi connectivity index (χ4n) is 3.46. The van der Waals surface area contributed by atoms with Crippen molar-refractivity contribution in [3.63, 3.8) is 0 Å². The first kappa shape index (κ1) is 21.6. The van der Waals surface area contributed by atoms with Crippen molar-refractivity contribution < 1.29 is 9.53 Å². The number of methoxy groups -OCH3 is 1. The maximum atomic E-state index is 13.1. The average molecular weight is 455 g/mol. The van der Waals surface area contributed by atoms with Gasteiger partial charge in [0.2, 0.25) is 11.0 Å². The second kappa shape index (κ2) is 10.2. The third-order valence-corrected chi connectivity index (χ3v) is 7.34. The number of ether oxygens (including phenoxy) is 1. The highest BCUT2D eigenvalue weighted by Gasteiger charge is 2.34. The van der Waals surface area contributed by atoms with E-state index in [0.717, 1.165) is 21.3 Å². The molecule has 4 rings (SSSR count). The summed E-state index contributed by atoms with van der Waals surface area (Å²) in [5, 5.41) is 12.4. The molecule has 2 aromatic carbocycles. The molecule has 1 heterocycles. The van der Waals surface area contributed by atoms with E-state index in [0.29, 0.717) is 23.3 Å². The van der Waals surface area contributed by atoms with Gasteiger partial charge in [0, 0.05) is 12.6 Å². The van der Waals surface area contributed by atoms with Crippen LogP contribution in [0.5, 0.6) is 5.75 Å². The van der Waals surface area contributed by atoms with E-state index in [9.17, 15) is 4.79 Å². The number of thioether (sulfide) groups is 1. The van der Waals surface area contributed by atoms with Gasteiger partial charge >= 0.3 is 0 Å². The van der Waals surface area contributed by atoms with Gasteiger partial charge in [0.1, 0.15) is 5.75 Å². The molecule has 1 amide bonds. The Morgan fingerprint density at radius 1 is 1.19 bits per heavy atom. The number of hydrogen-bond donors (Lipinski definition) is 1. The lowest BCUT2D eigenvalue weighted by Crippen LogP contribution is -2.40. The molecular weight excluding hydrogens is 428 g/mol. The van der Waals surface area contributed by atoms with Crippen LogP contribution in [0.4, 0.5) is 10.8 Å². The Hall–Kier alpha value is -2.58. The highest BCUT2D eigenvalue weighted by atomic mass is 32.2. The SMILES string of the molecule is COc1ccccc1Nc1nnc(SCC(=O)N(Cc2ccccc2)[C@@H](C)C2CC2)s1. The van der Waals surface area contributed by atoms with Crippen LogP contribution in [-0.4, -0.2) is 39.9 Å². The van der Waals surface area contributed by atoms with Gasteiger partial charge in [-0.3, -0.25) is 4.79 Å². The first-order chi connectivity index (χ1) is 15.1. The highest BCUT2D eigenvalue weighted by molar-refractivity contribution is 8.01. The van der Waals surface area contributed by atoms with E-state index in [-0.39, 0.29) is 11.9 Å². The Balaban J connectivity index is 1.37. The number of rotatable bonds is 10. The predicted molar refractivity (Wildman–Crippen MR) is 126 cm³/mol. The van der Waals surface area contributed by atoms with Crippen molar-refractivity contribution in [2.75, 3.05) is 18.2 Å². The fourth-order valence-corrected chi connectivity index (χ4v) is 5.11. The molecule has 1 saturated carbocycles. The van der Waals surface area contributed by atoms with Crippen LogP contribution in [0.2, 0.25) is 0 Å². The van der Waals surface area contributed by atoms with Gasteiger partial charge in [-0.15, -0.1) is 10.2 Å². The number of carbonyl (C=O) groups is 1. The molecular formula is C23H26N4O2S2. The standard InChI is InChI=1S/C23H26N4O2S2/c1-16(18-12-13-18)27(14-17-8-4-3-5-9-17)21(28)15-30-23-26-25-22(31-23)24-19-10-6-7-11-20(19)29-2/h3-11,16,18H,12-15H2,1-2H3,(H,24,25)/t16-/m0/s1. The second-order valence-electron chi connectivity index (χ2n) is 7.57. The molecule has 0 spiro atoms. The number of para-hydroxylation sites is 2. The first-order valence-corrected chi connectivity index (χ1v) is 12.1. The lowest BCUT2D eigenvalue weighted by molar-refractivity contribution is -0.131. The minimum Gasteiger partial charge on any atom is -0.495 e. The molecule has 1 aliphatic carbocycles. The van der Waals surface area contributed by atoms with Crippen LogP contribution in [0.1, 0.15) is 25.3 Å². The molecule has 0 aliphatic heterocycles. The monoisotopic (exact) mass is 454 g/mol. The van der Waals surface area contributed by atoms with Gasteiger partial charge in [-0.05, 0) is 43.4 Å². The van der Waals surface area contributed by atoms with Crippen molar-refractivity contribution in [1.29, 1.82) is 0 Å². The summed E-state index contributed by atoms with van der Waals surface area (Å²) in [5.74, 6) is 1.86.